The molecule has 1 N–H and O–H groups in total. The lowest BCUT2D eigenvalue weighted by atomic mass is 10.1. The first kappa shape index (κ1) is 11.6. The minimum Gasteiger partial charge on any atom is -0.321 e. The molecule has 3 heteroatoms. The number of nitrogens with zero attached hydrogens (tertiary/aromatic N) is 1. The highest BCUT2D eigenvalue weighted by atomic mass is 16.1. The highest BCUT2D eigenvalue weighted by Gasteiger charge is 2.01. The molecule has 0 aliphatic carbocycles. The maximum atomic E-state index is 11.8. The van der Waals surface area contributed by atoms with Gasteiger partial charge in [-0.25, -0.2) is 0 Å². The van der Waals surface area contributed by atoms with Gasteiger partial charge in [0.1, 0.15) is 0 Å². The number of aromatic nitrogens is 1. The van der Waals surface area contributed by atoms with Gasteiger partial charge in [-0.15, -0.1) is 0 Å². The van der Waals surface area contributed by atoms with Gasteiger partial charge >= 0.3 is 0 Å². The number of pyridine rings is 1. The number of aromatic amines is 1. The Balaban J connectivity index is 2.53. The Bertz CT molecular complexity index is 611. The van der Waals surface area contributed by atoms with Gasteiger partial charge in [-0.2, -0.15) is 0 Å². The molecule has 0 amide bonds. The molecule has 0 atom stereocenters. The van der Waals surface area contributed by atoms with Gasteiger partial charge < -0.3 is 4.98 Å². The summed E-state index contributed by atoms with van der Waals surface area (Å²) in [5.41, 5.74) is 2.53. The van der Waals surface area contributed by atoms with Crippen molar-refractivity contribution >= 4 is 17.1 Å². The average molecular weight is 228 g/mol. The summed E-state index contributed by atoms with van der Waals surface area (Å²) in [7, 11) is 0. The third-order valence-electron chi connectivity index (χ3n) is 2.70. The molecule has 17 heavy (non-hydrogen) atoms. The lowest BCUT2D eigenvalue weighted by Crippen LogP contribution is -2.12. The van der Waals surface area contributed by atoms with E-state index in [1.165, 1.54) is 0 Å². The minimum absolute atomic E-state index is 0.0772. The normalized spacial score (nSPS) is 11.4. The maximum Gasteiger partial charge on any atom is 0.257 e. The summed E-state index contributed by atoms with van der Waals surface area (Å²) in [6.45, 7) is 4.81. The fourth-order valence-electron chi connectivity index (χ4n) is 1.79. The minimum atomic E-state index is -0.0772. The summed E-state index contributed by atoms with van der Waals surface area (Å²) in [5, 5.41) is 1.04. The number of aliphatic imine (C=N–C) groups is 1. The SMILES string of the molecule is CCCN=Cc1cc2cccc(C)c2[nH]c1=O. The standard InChI is InChI=1S/C14H16N2O/c1-3-7-15-9-12-8-11-6-4-5-10(2)13(11)16-14(12)17/h4-6,8-9H,3,7H2,1-2H3,(H,16,17). The number of para-hydroxylation sites is 1. The summed E-state index contributed by atoms with van der Waals surface area (Å²) in [6, 6.07) is 7.86. The fraction of sp³-hybridized carbons (Fsp3) is 0.286. The smallest absolute Gasteiger partial charge is 0.257 e. The molecule has 0 aliphatic heterocycles. The molecule has 0 spiro atoms. The zero-order valence-electron chi connectivity index (χ0n) is 10.2. The van der Waals surface area contributed by atoms with Crippen LogP contribution in [0.3, 0.4) is 0 Å². The Morgan fingerprint density at radius 3 is 3.00 bits per heavy atom. The molecule has 1 aromatic carbocycles. The van der Waals surface area contributed by atoms with Gasteiger partial charge in [-0.1, -0.05) is 25.1 Å². The van der Waals surface area contributed by atoms with E-state index in [1.807, 2.05) is 31.2 Å². The fourth-order valence-corrected chi connectivity index (χ4v) is 1.79. The summed E-state index contributed by atoms with van der Waals surface area (Å²) in [6.07, 6.45) is 2.64. The number of hydrogen-bond acceptors (Lipinski definition) is 2. The van der Waals surface area contributed by atoms with Crippen LogP contribution in [0.5, 0.6) is 0 Å². The molecule has 1 aromatic heterocycles. The Labute approximate surface area is 100 Å². The summed E-state index contributed by atoms with van der Waals surface area (Å²) >= 11 is 0. The van der Waals surface area contributed by atoms with Crippen LogP contribution in [-0.2, 0) is 0 Å². The maximum absolute atomic E-state index is 11.8. The van der Waals surface area contributed by atoms with Crippen molar-refractivity contribution in [1.29, 1.82) is 0 Å². The van der Waals surface area contributed by atoms with Crippen molar-refractivity contribution in [3.05, 3.63) is 45.7 Å². The van der Waals surface area contributed by atoms with Crippen LogP contribution in [0.25, 0.3) is 10.9 Å². The van der Waals surface area contributed by atoms with Crippen LogP contribution < -0.4 is 5.56 Å². The number of nitrogens with one attached hydrogen (secondary N) is 1. The first-order valence-electron chi connectivity index (χ1n) is 5.85. The number of aryl methyl sites for hydroxylation is 1. The van der Waals surface area contributed by atoms with Crippen LogP contribution in [0.15, 0.2) is 34.1 Å². The van der Waals surface area contributed by atoms with Crippen LogP contribution in [0, 0.1) is 6.92 Å². The van der Waals surface area contributed by atoms with E-state index in [9.17, 15) is 4.79 Å². The molecule has 0 unspecified atom stereocenters. The summed E-state index contributed by atoms with van der Waals surface area (Å²) < 4.78 is 0. The van der Waals surface area contributed by atoms with Crippen molar-refractivity contribution in [1.82, 2.24) is 4.98 Å². The Kier molecular flexibility index (Phi) is 3.38. The quantitative estimate of drug-likeness (QED) is 0.806. The predicted octanol–water partition coefficient (Wildman–Crippen LogP) is 2.67. The van der Waals surface area contributed by atoms with Crippen molar-refractivity contribution in [2.45, 2.75) is 20.3 Å². The molecule has 2 rings (SSSR count). The van der Waals surface area contributed by atoms with E-state index in [4.69, 9.17) is 0 Å². The van der Waals surface area contributed by atoms with Crippen molar-refractivity contribution < 1.29 is 0 Å². The van der Waals surface area contributed by atoms with Gasteiger partial charge in [-0.3, -0.25) is 9.79 Å². The Morgan fingerprint density at radius 1 is 1.41 bits per heavy atom. The number of hydrogen-bond donors (Lipinski definition) is 1. The third kappa shape index (κ3) is 2.44. The van der Waals surface area contributed by atoms with Gasteiger partial charge in [0.05, 0.1) is 11.1 Å². The van der Waals surface area contributed by atoms with E-state index in [2.05, 4.69) is 16.9 Å². The highest BCUT2D eigenvalue weighted by Crippen LogP contribution is 2.14. The van der Waals surface area contributed by atoms with Crippen LogP contribution in [-0.4, -0.2) is 17.7 Å². The van der Waals surface area contributed by atoms with Gasteiger partial charge in [0.25, 0.3) is 5.56 Å². The van der Waals surface area contributed by atoms with E-state index >= 15 is 0 Å². The number of H-pyrrole nitrogens is 1. The predicted molar refractivity (Wildman–Crippen MR) is 72.1 cm³/mol. The molecule has 0 saturated carbocycles. The zero-order valence-corrected chi connectivity index (χ0v) is 10.2. The molecular weight excluding hydrogens is 212 g/mol. The first-order chi connectivity index (χ1) is 8.22. The molecule has 0 fully saturated rings. The lowest BCUT2D eigenvalue weighted by molar-refractivity contribution is 0.936. The highest BCUT2D eigenvalue weighted by molar-refractivity contribution is 5.88. The van der Waals surface area contributed by atoms with Crippen molar-refractivity contribution in [2.24, 2.45) is 4.99 Å². The number of rotatable bonds is 3. The number of fused-ring (bicyclic) bond motifs is 1. The van der Waals surface area contributed by atoms with E-state index in [0.717, 1.165) is 29.4 Å². The molecule has 0 bridgehead atoms. The monoisotopic (exact) mass is 228 g/mol. The number of benzene rings is 1. The molecule has 88 valence electrons. The molecule has 2 aromatic rings. The van der Waals surface area contributed by atoms with Crippen LogP contribution >= 0.6 is 0 Å². The van der Waals surface area contributed by atoms with E-state index in [1.54, 1.807) is 6.21 Å². The molecule has 0 aliphatic rings. The van der Waals surface area contributed by atoms with E-state index in [0.29, 0.717) is 5.56 Å². The van der Waals surface area contributed by atoms with E-state index < -0.39 is 0 Å². The van der Waals surface area contributed by atoms with Gasteiger partial charge in [0.15, 0.2) is 0 Å². The molecular formula is C14H16N2O. The Morgan fingerprint density at radius 2 is 2.24 bits per heavy atom. The van der Waals surface area contributed by atoms with Crippen molar-refractivity contribution in [2.75, 3.05) is 6.54 Å². The second-order valence-electron chi connectivity index (χ2n) is 4.13. The van der Waals surface area contributed by atoms with Crippen molar-refractivity contribution in [3.63, 3.8) is 0 Å². The molecule has 1 heterocycles. The second kappa shape index (κ2) is 4.95. The van der Waals surface area contributed by atoms with Crippen molar-refractivity contribution in [3.8, 4) is 0 Å². The lowest BCUT2D eigenvalue weighted by Gasteiger charge is -2.02. The van der Waals surface area contributed by atoms with E-state index in [-0.39, 0.29) is 5.56 Å². The third-order valence-corrected chi connectivity index (χ3v) is 2.70. The molecule has 0 saturated heterocycles. The molecule has 3 nitrogen and oxygen atoms in total. The topological polar surface area (TPSA) is 45.2 Å². The van der Waals surface area contributed by atoms with Gasteiger partial charge in [-0.05, 0) is 30.4 Å². The van der Waals surface area contributed by atoms with Gasteiger partial charge in [0.2, 0.25) is 0 Å². The average Bonchev–Trinajstić information content (AvgIpc) is 2.31. The first-order valence-corrected chi connectivity index (χ1v) is 5.85. The summed E-state index contributed by atoms with van der Waals surface area (Å²) in [4.78, 5) is 18.9. The summed E-state index contributed by atoms with van der Waals surface area (Å²) in [5.74, 6) is 0. The van der Waals surface area contributed by atoms with Crippen LogP contribution in [0.1, 0.15) is 24.5 Å². The largest absolute Gasteiger partial charge is 0.321 e. The van der Waals surface area contributed by atoms with Crippen LogP contribution in [0.4, 0.5) is 0 Å². The van der Waals surface area contributed by atoms with Crippen LogP contribution in [0.2, 0.25) is 0 Å². The second-order valence-corrected chi connectivity index (χ2v) is 4.13. The van der Waals surface area contributed by atoms with Gasteiger partial charge in [0, 0.05) is 12.8 Å². The molecule has 0 radical (unpaired) electrons. The Hall–Kier alpha value is -1.90. The zero-order chi connectivity index (χ0) is 12.3.